The molecule has 0 aromatic heterocycles. The number of para-hydroxylation sites is 2. The van der Waals surface area contributed by atoms with Crippen LogP contribution in [0.15, 0.2) is 200 Å². The summed E-state index contributed by atoms with van der Waals surface area (Å²) in [6.45, 7) is 0.0548. The van der Waals surface area contributed by atoms with Gasteiger partial charge in [-0.3, -0.25) is 0 Å². The number of benzene rings is 8. The quantitative estimate of drug-likeness (QED) is 0.138. The number of hydrogen-bond acceptors (Lipinski definition) is 2. The van der Waals surface area contributed by atoms with Gasteiger partial charge < -0.3 is 9.47 Å². The van der Waals surface area contributed by atoms with Gasteiger partial charge in [-0.1, -0.05) is 170 Å². The third kappa shape index (κ3) is 4.80. The lowest BCUT2D eigenvalue weighted by molar-refractivity contribution is 0.465. The molecule has 0 saturated heterocycles. The highest BCUT2D eigenvalue weighted by molar-refractivity contribution is 7.20. The summed E-state index contributed by atoms with van der Waals surface area (Å²) >= 11 is 0. The summed E-state index contributed by atoms with van der Waals surface area (Å²) in [6.07, 6.45) is 0. The molecule has 2 nitrogen and oxygen atoms in total. The summed E-state index contributed by atoms with van der Waals surface area (Å²) in [5, 5.41) is 5.43. The van der Waals surface area contributed by atoms with Crippen LogP contribution in [-0.2, 0) is 0 Å². The van der Waals surface area contributed by atoms with Crippen molar-refractivity contribution in [2.24, 2.45) is 0 Å². The zero-order valence-electron chi connectivity index (χ0n) is 28.4. The van der Waals surface area contributed by atoms with E-state index in [1.165, 1.54) is 42.8 Å². The van der Waals surface area contributed by atoms with Gasteiger partial charge in [0.2, 0.25) is 0 Å². The fourth-order valence-electron chi connectivity index (χ4n) is 8.52. The van der Waals surface area contributed by atoms with Crippen molar-refractivity contribution < 1.29 is 9.47 Å². The first kappa shape index (κ1) is 30.5. The van der Waals surface area contributed by atoms with E-state index in [1.54, 1.807) is 0 Å². The molecular formula is C48H33BO2Si. The molecule has 2 aliphatic rings. The van der Waals surface area contributed by atoms with Gasteiger partial charge in [-0.25, -0.2) is 0 Å². The van der Waals surface area contributed by atoms with Crippen LogP contribution in [0.2, 0.25) is 0 Å². The fourth-order valence-corrected chi connectivity index (χ4v) is 13.5. The topological polar surface area (TPSA) is 18.5 Å². The van der Waals surface area contributed by atoms with E-state index in [0.717, 1.165) is 39.6 Å². The highest BCUT2D eigenvalue weighted by Crippen LogP contribution is 2.39. The van der Waals surface area contributed by atoms with Gasteiger partial charge in [0.1, 0.15) is 23.0 Å². The molecule has 0 fully saturated rings. The van der Waals surface area contributed by atoms with Gasteiger partial charge in [0.25, 0.3) is 6.71 Å². The summed E-state index contributed by atoms with van der Waals surface area (Å²) in [5.41, 5.74) is 8.01. The Morgan fingerprint density at radius 2 is 0.808 bits per heavy atom. The highest BCUT2D eigenvalue weighted by atomic mass is 28.3. The first-order chi connectivity index (χ1) is 25.8. The summed E-state index contributed by atoms with van der Waals surface area (Å²) in [4.78, 5) is 0. The molecule has 52 heavy (non-hydrogen) atoms. The SMILES string of the molecule is c1ccc([Si](c2ccccc2)(c2ccccc2)c2ccccc2-c2cccc(-c3cc4c5c(c3)Oc3ccccc3B5c3ccccc3O4)c2)cc1. The molecule has 0 saturated carbocycles. The van der Waals surface area contributed by atoms with Crippen LogP contribution in [-0.4, -0.2) is 14.8 Å². The van der Waals surface area contributed by atoms with Crippen molar-refractivity contribution in [1.29, 1.82) is 0 Å². The van der Waals surface area contributed by atoms with Gasteiger partial charge >= 0.3 is 0 Å². The van der Waals surface area contributed by atoms with Crippen LogP contribution in [0.25, 0.3) is 22.3 Å². The minimum atomic E-state index is -2.77. The Kier molecular flexibility index (Phi) is 7.29. The molecule has 2 heterocycles. The second kappa shape index (κ2) is 12.4. The fraction of sp³-hybridized carbons (Fsp3) is 0. The minimum Gasteiger partial charge on any atom is -0.458 e. The van der Waals surface area contributed by atoms with Gasteiger partial charge in [-0.15, -0.1) is 0 Å². The summed E-state index contributed by atoms with van der Waals surface area (Å²) < 4.78 is 13.3. The Bertz CT molecular complexity index is 2420. The van der Waals surface area contributed by atoms with Crippen molar-refractivity contribution in [3.63, 3.8) is 0 Å². The van der Waals surface area contributed by atoms with E-state index in [2.05, 4.69) is 188 Å². The van der Waals surface area contributed by atoms with Crippen LogP contribution in [0.1, 0.15) is 0 Å². The number of fused-ring (bicyclic) bond motifs is 4. The smallest absolute Gasteiger partial charge is 0.260 e. The molecule has 4 heteroatoms. The number of ether oxygens (including phenoxy) is 2. The van der Waals surface area contributed by atoms with Gasteiger partial charge in [-0.2, -0.15) is 0 Å². The molecule has 0 aliphatic carbocycles. The molecule has 10 rings (SSSR count). The van der Waals surface area contributed by atoms with Gasteiger partial charge in [0.15, 0.2) is 8.07 Å². The van der Waals surface area contributed by atoms with E-state index in [0.29, 0.717) is 0 Å². The lowest BCUT2D eigenvalue weighted by Crippen LogP contribution is -2.75. The van der Waals surface area contributed by atoms with Crippen LogP contribution < -0.4 is 46.6 Å². The van der Waals surface area contributed by atoms with Crippen LogP contribution in [0.5, 0.6) is 23.0 Å². The average molecular weight is 681 g/mol. The molecule has 0 N–H and O–H groups in total. The Labute approximate surface area is 305 Å². The zero-order chi connectivity index (χ0) is 34.5. The standard InChI is InChI=1S/C48H33BO2Si/c1-4-19-37(20-5-1)52(38-21-6-2-7-22-38,39-23-8-3-9-24-39)47-30-15-10-25-40(47)35-18-16-17-34(31-35)36-32-45-48-46(33-36)51-44-29-14-12-27-42(44)49(48)41-26-11-13-28-43(41)50-45/h1-33H. The molecule has 8 aromatic rings. The molecular weight excluding hydrogens is 647 g/mol. The Hall–Kier alpha value is -6.36. The van der Waals surface area contributed by atoms with Crippen molar-refractivity contribution in [2.75, 3.05) is 0 Å². The van der Waals surface area contributed by atoms with Crippen molar-refractivity contribution in [2.45, 2.75) is 0 Å². The summed E-state index contributed by atoms with van der Waals surface area (Å²) in [6, 6.07) is 72.5. The first-order valence-corrected chi connectivity index (χ1v) is 19.9. The number of hydrogen-bond donors (Lipinski definition) is 0. The second-order valence-corrected chi connectivity index (χ2v) is 17.3. The van der Waals surface area contributed by atoms with Gasteiger partial charge in [-0.05, 0) is 84.3 Å². The minimum absolute atomic E-state index is 0.0548. The normalized spacial score (nSPS) is 12.5. The monoisotopic (exact) mass is 680 g/mol. The molecule has 8 aromatic carbocycles. The maximum atomic E-state index is 6.65. The third-order valence-corrected chi connectivity index (χ3v) is 15.6. The molecule has 244 valence electrons. The van der Waals surface area contributed by atoms with Crippen molar-refractivity contribution >= 4 is 51.9 Å². The maximum Gasteiger partial charge on any atom is 0.260 e. The lowest BCUT2D eigenvalue weighted by Gasteiger charge is -2.36. The summed E-state index contributed by atoms with van der Waals surface area (Å²) in [5.74, 6) is 3.48. The average Bonchev–Trinajstić information content (AvgIpc) is 3.22. The van der Waals surface area contributed by atoms with E-state index in [4.69, 9.17) is 9.47 Å². The Morgan fingerprint density at radius 1 is 0.346 bits per heavy atom. The lowest BCUT2D eigenvalue weighted by atomic mass is 9.35. The first-order valence-electron chi connectivity index (χ1n) is 17.9. The third-order valence-electron chi connectivity index (χ3n) is 10.8. The molecule has 0 radical (unpaired) electrons. The van der Waals surface area contributed by atoms with E-state index in [-0.39, 0.29) is 6.71 Å². The predicted octanol–water partition coefficient (Wildman–Crippen LogP) is 7.13. The van der Waals surface area contributed by atoms with Crippen molar-refractivity contribution in [3.8, 4) is 45.3 Å². The predicted molar refractivity (Wildman–Crippen MR) is 219 cm³/mol. The molecule has 2 aliphatic heterocycles. The molecule has 0 atom stereocenters. The van der Waals surface area contributed by atoms with E-state index < -0.39 is 8.07 Å². The van der Waals surface area contributed by atoms with E-state index >= 15 is 0 Å². The van der Waals surface area contributed by atoms with Crippen LogP contribution >= 0.6 is 0 Å². The highest BCUT2D eigenvalue weighted by Gasteiger charge is 2.43. The molecule has 0 bridgehead atoms. The van der Waals surface area contributed by atoms with E-state index in [9.17, 15) is 0 Å². The molecule has 0 unspecified atom stereocenters. The Balaban J connectivity index is 1.16. The van der Waals surface area contributed by atoms with Gasteiger partial charge in [0, 0.05) is 5.46 Å². The van der Waals surface area contributed by atoms with Crippen molar-refractivity contribution in [3.05, 3.63) is 200 Å². The van der Waals surface area contributed by atoms with Crippen LogP contribution in [0.4, 0.5) is 0 Å². The van der Waals surface area contributed by atoms with E-state index in [1.807, 2.05) is 12.1 Å². The van der Waals surface area contributed by atoms with Gasteiger partial charge in [0.05, 0.1) is 0 Å². The zero-order valence-corrected chi connectivity index (χ0v) is 29.4. The second-order valence-electron chi connectivity index (χ2n) is 13.6. The number of rotatable bonds is 6. The molecule has 0 spiro atoms. The molecule has 0 amide bonds. The summed E-state index contributed by atoms with van der Waals surface area (Å²) in [7, 11) is -2.77. The van der Waals surface area contributed by atoms with Crippen LogP contribution in [0.3, 0.4) is 0 Å². The Morgan fingerprint density at radius 3 is 1.37 bits per heavy atom. The maximum absolute atomic E-state index is 6.65. The van der Waals surface area contributed by atoms with Crippen molar-refractivity contribution in [1.82, 2.24) is 0 Å². The van der Waals surface area contributed by atoms with Crippen LogP contribution in [0, 0.1) is 0 Å². The largest absolute Gasteiger partial charge is 0.458 e.